The number of aromatic nitrogens is 1. The van der Waals surface area contributed by atoms with Crippen LogP contribution < -0.4 is 4.90 Å². The van der Waals surface area contributed by atoms with Crippen LogP contribution in [0.2, 0.25) is 0 Å². The number of hydrogen-bond acceptors (Lipinski definition) is 7. The van der Waals surface area contributed by atoms with Crippen molar-refractivity contribution in [2.24, 2.45) is 0 Å². The number of benzene rings is 2. The highest BCUT2D eigenvalue weighted by Crippen LogP contribution is 2.41. The van der Waals surface area contributed by atoms with Gasteiger partial charge in [0.05, 0.1) is 25.4 Å². The normalized spacial score (nSPS) is 21.1. The van der Waals surface area contributed by atoms with Crippen molar-refractivity contribution >= 4 is 23.6 Å². The Labute approximate surface area is 284 Å². The number of ether oxygens (including phenoxy) is 2. The first-order valence-corrected chi connectivity index (χ1v) is 16.6. The first-order chi connectivity index (χ1) is 22.7. The van der Waals surface area contributed by atoms with Crippen LogP contribution in [0.3, 0.4) is 0 Å². The molecule has 10 heteroatoms. The minimum atomic E-state index is -0.693. The first kappa shape index (κ1) is 35.0. The Balaban J connectivity index is 1.39. The van der Waals surface area contributed by atoms with E-state index in [1.54, 1.807) is 19.0 Å². The summed E-state index contributed by atoms with van der Waals surface area (Å²) in [5.41, 5.74) is 3.72. The summed E-state index contributed by atoms with van der Waals surface area (Å²) in [7, 11) is 3.38. The number of rotatable bonds is 9. The van der Waals surface area contributed by atoms with Crippen LogP contribution in [0, 0.1) is 0 Å². The number of fused-ring (bicyclic) bond motifs is 1. The second-order valence-corrected chi connectivity index (χ2v) is 14.5. The SMILES string of the molecule is CC1CN(CC(=O)N2CC(C)(COCc3ccccc3)c3cnc(Cc4ccccc4)cc32)C(C(=O)N(C)C)CN1C(=O)OC(C)(C)C. The number of nitrogens with zero attached hydrogens (tertiary/aromatic N) is 5. The molecular formula is C38H49N5O5. The summed E-state index contributed by atoms with van der Waals surface area (Å²) < 4.78 is 11.9. The average molecular weight is 656 g/mol. The molecule has 0 spiro atoms. The molecule has 1 saturated heterocycles. The van der Waals surface area contributed by atoms with E-state index < -0.39 is 23.2 Å². The molecule has 0 bridgehead atoms. The second-order valence-electron chi connectivity index (χ2n) is 14.5. The van der Waals surface area contributed by atoms with Gasteiger partial charge in [-0.2, -0.15) is 0 Å². The van der Waals surface area contributed by atoms with Gasteiger partial charge in [0, 0.05) is 69.1 Å². The number of anilines is 1. The van der Waals surface area contributed by atoms with Gasteiger partial charge in [-0.3, -0.25) is 19.5 Å². The molecule has 2 aromatic carbocycles. The lowest BCUT2D eigenvalue weighted by molar-refractivity contribution is -0.138. The molecule has 5 rings (SSSR count). The first-order valence-electron chi connectivity index (χ1n) is 16.6. The van der Waals surface area contributed by atoms with Gasteiger partial charge in [-0.1, -0.05) is 67.6 Å². The van der Waals surface area contributed by atoms with Crippen LogP contribution in [0.15, 0.2) is 72.9 Å². The Morgan fingerprint density at radius 3 is 2.25 bits per heavy atom. The molecule has 3 unspecified atom stereocenters. The quantitative estimate of drug-likeness (QED) is 0.324. The standard InChI is InChI=1S/C38H49N5O5/c1-27-21-41(33(35(45)40(6)7)22-42(27)36(46)48-37(2,3)4)23-34(44)43-25-38(5,26-47-24-29-16-12-9-13-17-29)31-20-39-30(19-32(31)43)18-28-14-10-8-11-15-28/h8-17,19-20,27,33H,18,21-26H2,1-7H3. The highest BCUT2D eigenvalue weighted by Gasteiger charge is 2.45. The molecule has 256 valence electrons. The van der Waals surface area contributed by atoms with Gasteiger partial charge in [-0.05, 0) is 44.9 Å². The van der Waals surface area contributed by atoms with Crippen molar-refractivity contribution in [1.29, 1.82) is 0 Å². The average Bonchev–Trinajstić information content (AvgIpc) is 3.32. The molecule has 10 nitrogen and oxygen atoms in total. The molecule has 0 N–H and O–H groups in total. The Morgan fingerprint density at radius 2 is 1.62 bits per heavy atom. The molecule has 0 aliphatic carbocycles. The monoisotopic (exact) mass is 655 g/mol. The molecule has 2 aliphatic heterocycles. The molecular weight excluding hydrogens is 606 g/mol. The number of piperazine rings is 1. The lowest BCUT2D eigenvalue weighted by atomic mass is 9.86. The van der Waals surface area contributed by atoms with Crippen molar-refractivity contribution in [3.63, 3.8) is 0 Å². The van der Waals surface area contributed by atoms with E-state index >= 15 is 0 Å². The maximum atomic E-state index is 14.4. The molecule has 0 saturated carbocycles. The van der Waals surface area contributed by atoms with Crippen LogP contribution in [0.25, 0.3) is 0 Å². The van der Waals surface area contributed by atoms with Crippen molar-refractivity contribution in [2.75, 3.05) is 51.8 Å². The van der Waals surface area contributed by atoms with E-state index in [0.29, 0.717) is 32.7 Å². The molecule has 1 fully saturated rings. The summed E-state index contributed by atoms with van der Waals surface area (Å²) in [5, 5.41) is 0. The fraction of sp³-hybridized carbons (Fsp3) is 0.474. The van der Waals surface area contributed by atoms with Crippen molar-refractivity contribution in [3.05, 3.63) is 95.3 Å². The van der Waals surface area contributed by atoms with Crippen molar-refractivity contribution in [1.82, 2.24) is 19.7 Å². The third-order valence-electron chi connectivity index (χ3n) is 8.98. The van der Waals surface area contributed by atoms with Crippen LogP contribution in [0.5, 0.6) is 0 Å². The number of hydrogen-bond donors (Lipinski definition) is 0. The summed E-state index contributed by atoms with van der Waals surface area (Å²) in [6, 6.07) is 21.2. The van der Waals surface area contributed by atoms with Crippen LogP contribution >= 0.6 is 0 Å². The summed E-state index contributed by atoms with van der Waals surface area (Å²) in [4.78, 5) is 52.7. The van der Waals surface area contributed by atoms with Crippen LogP contribution in [-0.2, 0) is 37.5 Å². The fourth-order valence-electron chi connectivity index (χ4n) is 6.50. The van der Waals surface area contributed by atoms with Crippen molar-refractivity contribution in [2.45, 2.75) is 70.7 Å². The van der Waals surface area contributed by atoms with Gasteiger partial charge in [0.2, 0.25) is 11.8 Å². The van der Waals surface area contributed by atoms with E-state index in [4.69, 9.17) is 14.5 Å². The van der Waals surface area contributed by atoms with E-state index in [2.05, 4.69) is 19.1 Å². The predicted octanol–water partition coefficient (Wildman–Crippen LogP) is 4.89. The van der Waals surface area contributed by atoms with E-state index in [0.717, 1.165) is 28.1 Å². The van der Waals surface area contributed by atoms with E-state index in [1.807, 2.05) is 98.3 Å². The van der Waals surface area contributed by atoms with Crippen molar-refractivity contribution < 1.29 is 23.9 Å². The summed E-state index contributed by atoms with van der Waals surface area (Å²) in [6.07, 6.45) is 2.07. The van der Waals surface area contributed by atoms with Gasteiger partial charge >= 0.3 is 6.09 Å². The third kappa shape index (κ3) is 8.22. The predicted molar refractivity (Wildman–Crippen MR) is 186 cm³/mol. The highest BCUT2D eigenvalue weighted by molar-refractivity contribution is 5.98. The van der Waals surface area contributed by atoms with Crippen LogP contribution in [-0.4, -0.2) is 102 Å². The van der Waals surface area contributed by atoms with E-state index in [9.17, 15) is 14.4 Å². The zero-order chi connectivity index (χ0) is 34.6. The van der Waals surface area contributed by atoms with E-state index in [-0.39, 0.29) is 30.9 Å². The summed E-state index contributed by atoms with van der Waals surface area (Å²) in [6.45, 7) is 11.3. The Hall–Kier alpha value is -4.28. The smallest absolute Gasteiger partial charge is 0.410 e. The molecule has 48 heavy (non-hydrogen) atoms. The largest absolute Gasteiger partial charge is 0.444 e. The number of carbonyl (C=O) groups excluding carboxylic acids is 3. The summed E-state index contributed by atoms with van der Waals surface area (Å²) in [5.74, 6) is -0.284. The van der Waals surface area contributed by atoms with Gasteiger partial charge in [-0.25, -0.2) is 4.79 Å². The molecule has 1 aromatic heterocycles. The molecule has 2 aliphatic rings. The minimum absolute atomic E-state index is 0.0213. The number of carbonyl (C=O) groups is 3. The third-order valence-corrected chi connectivity index (χ3v) is 8.98. The number of amides is 3. The maximum absolute atomic E-state index is 14.4. The maximum Gasteiger partial charge on any atom is 0.410 e. The fourth-order valence-corrected chi connectivity index (χ4v) is 6.50. The Kier molecular flexibility index (Phi) is 10.6. The molecule has 3 heterocycles. The molecule has 3 atom stereocenters. The van der Waals surface area contributed by atoms with Gasteiger partial charge in [0.15, 0.2) is 0 Å². The second kappa shape index (κ2) is 14.5. The zero-order valence-corrected chi connectivity index (χ0v) is 29.3. The lowest BCUT2D eigenvalue weighted by Gasteiger charge is -2.45. The molecule has 0 radical (unpaired) electrons. The van der Waals surface area contributed by atoms with E-state index in [1.165, 1.54) is 4.90 Å². The highest BCUT2D eigenvalue weighted by atomic mass is 16.6. The topological polar surface area (TPSA) is 95.5 Å². The number of likely N-dealkylation sites (N-methyl/N-ethyl adjacent to an activating group) is 1. The summed E-state index contributed by atoms with van der Waals surface area (Å²) >= 11 is 0. The van der Waals surface area contributed by atoms with Gasteiger partial charge in [-0.15, -0.1) is 0 Å². The van der Waals surface area contributed by atoms with Crippen LogP contribution in [0.1, 0.15) is 57.0 Å². The van der Waals surface area contributed by atoms with Crippen LogP contribution in [0.4, 0.5) is 10.5 Å². The molecule has 3 aromatic rings. The minimum Gasteiger partial charge on any atom is -0.444 e. The molecule has 3 amide bonds. The Morgan fingerprint density at radius 1 is 0.979 bits per heavy atom. The van der Waals surface area contributed by atoms with Gasteiger partial charge in [0.1, 0.15) is 11.6 Å². The van der Waals surface area contributed by atoms with Crippen molar-refractivity contribution in [3.8, 4) is 0 Å². The Bertz CT molecular complexity index is 1590. The zero-order valence-electron chi connectivity index (χ0n) is 29.3. The lowest BCUT2D eigenvalue weighted by Crippen LogP contribution is -2.64. The van der Waals surface area contributed by atoms with Gasteiger partial charge in [0.25, 0.3) is 0 Å². The number of pyridine rings is 1. The van der Waals surface area contributed by atoms with Gasteiger partial charge < -0.3 is 24.2 Å².